The van der Waals surface area contributed by atoms with Gasteiger partial charge in [0.1, 0.15) is 12.1 Å². The number of carbonyl (C=O) groups is 1. The number of tetrazole rings is 1. The lowest BCUT2D eigenvalue weighted by Gasteiger charge is -2.36. The zero-order valence-corrected chi connectivity index (χ0v) is 17.1. The average molecular weight is 452 g/mol. The molecule has 31 heavy (non-hydrogen) atoms. The van der Waals surface area contributed by atoms with Gasteiger partial charge in [0.25, 0.3) is 5.91 Å². The number of rotatable bonds is 3. The van der Waals surface area contributed by atoms with Gasteiger partial charge in [-0.1, -0.05) is 11.6 Å². The second kappa shape index (κ2) is 8.14. The molecule has 0 N–H and O–H groups in total. The molecule has 1 amide bonds. The Bertz CT molecular complexity index is 1100. The number of aromatic nitrogens is 5. The summed E-state index contributed by atoms with van der Waals surface area (Å²) in [6, 6.07) is 6.14. The molecule has 3 aromatic rings. The van der Waals surface area contributed by atoms with Crippen LogP contribution in [0.2, 0.25) is 5.02 Å². The third-order valence-electron chi connectivity index (χ3n) is 5.06. The molecule has 0 bridgehead atoms. The second-order valence-electron chi connectivity index (χ2n) is 7.06. The summed E-state index contributed by atoms with van der Waals surface area (Å²) in [6.45, 7) is 3.47. The van der Waals surface area contributed by atoms with Gasteiger partial charge in [-0.25, -0.2) is 9.67 Å². The molecule has 1 aliphatic rings. The molecule has 1 fully saturated rings. The van der Waals surface area contributed by atoms with Crippen molar-refractivity contribution in [3.63, 3.8) is 0 Å². The standard InChI is InChI=1S/C19H17ClF3N7O/c1-12-8-13(2-3-16(12)30-11-25-26-27-30)18(31)29-6-4-28(5-7-29)17-15(20)9-14(10-24-17)19(21,22)23/h2-3,8-11H,4-7H2,1H3. The van der Waals surface area contributed by atoms with E-state index in [4.69, 9.17) is 11.6 Å². The van der Waals surface area contributed by atoms with Crippen molar-refractivity contribution < 1.29 is 18.0 Å². The maximum Gasteiger partial charge on any atom is 0.417 e. The summed E-state index contributed by atoms with van der Waals surface area (Å²) >= 11 is 6.04. The first-order valence-corrected chi connectivity index (χ1v) is 9.73. The van der Waals surface area contributed by atoms with Crippen molar-refractivity contribution in [3.8, 4) is 5.69 Å². The third kappa shape index (κ3) is 4.31. The topological polar surface area (TPSA) is 80.0 Å². The smallest absolute Gasteiger partial charge is 0.352 e. The maximum absolute atomic E-state index is 12.9. The molecule has 162 valence electrons. The fraction of sp³-hybridized carbons (Fsp3) is 0.316. The molecule has 1 saturated heterocycles. The molecule has 12 heteroatoms. The molecule has 0 unspecified atom stereocenters. The zero-order chi connectivity index (χ0) is 22.2. The van der Waals surface area contributed by atoms with Gasteiger partial charge < -0.3 is 9.80 Å². The molecule has 8 nitrogen and oxygen atoms in total. The Morgan fingerprint density at radius 3 is 2.45 bits per heavy atom. The Morgan fingerprint density at radius 1 is 1.13 bits per heavy atom. The summed E-state index contributed by atoms with van der Waals surface area (Å²) in [5, 5.41) is 11.0. The lowest BCUT2D eigenvalue weighted by atomic mass is 10.1. The molecule has 3 heterocycles. The van der Waals surface area contributed by atoms with E-state index in [0.717, 1.165) is 23.5 Å². The number of piperazine rings is 1. The van der Waals surface area contributed by atoms with Gasteiger partial charge >= 0.3 is 6.18 Å². The SMILES string of the molecule is Cc1cc(C(=O)N2CCN(c3ncc(C(F)(F)F)cc3Cl)CC2)ccc1-n1cnnn1. The number of carbonyl (C=O) groups excluding carboxylic acids is 1. The predicted octanol–water partition coefficient (Wildman–Crippen LogP) is 3.00. The number of benzene rings is 1. The third-order valence-corrected chi connectivity index (χ3v) is 5.33. The summed E-state index contributed by atoms with van der Waals surface area (Å²) < 4.78 is 39.9. The summed E-state index contributed by atoms with van der Waals surface area (Å²) in [7, 11) is 0. The number of pyridine rings is 1. The van der Waals surface area contributed by atoms with Crippen LogP contribution in [0.15, 0.2) is 36.8 Å². The van der Waals surface area contributed by atoms with E-state index in [1.165, 1.54) is 11.0 Å². The minimum absolute atomic E-state index is 0.0663. The van der Waals surface area contributed by atoms with E-state index in [2.05, 4.69) is 20.5 Å². The monoisotopic (exact) mass is 451 g/mol. The first-order valence-electron chi connectivity index (χ1n) is 9.35. The molecule has 0 spiro atoms. The Labute approximate surface area is 180 Å². The molecule has 1 aliphatic heterocycles. The van der Waals surface area contributed by atoms with Crippen LogP contribution in [-0.4, -0.2) is 62.2 Å². The molecule has 1 aromatic carbocycles. The Balaban J connectivity index is 1.43. The van der Waals surface area contributed by atoms with Gasteiger partial charge in [0.2, 0.25) is 0 Å². The first-order chi connectivity index (χ1) is 14.7. The summed E-state index contributed by atoms with van der Waals surface area (Å²) in [4.78, 5) is 20.3. The molecule has 0 saturated carbocycles. The number of hydrogen-bond donors (Lipinski definition) is 0. The quantitative estimate of drug-likeness (QED) is 0.609. The molecular weight excluding hydrogens is 435 g/mol. The van der Waals surface area contributed by atoms with E-state index in [1.807, 2.05) is 6.92 Å². The molecular formula is C19H17ClF3N7O. The van der Waals surface area contributed by atoms with Crippen molar-refractivity contribution in [2.75, 3.05) is 31.1 Å². The molecule has 0 atom stereocenters. The van der Waals surface area contributed by atoms with Gasteiger partial charge in [0.05, 0.1) is 16.3 Å². The first kappa shape index (κ1) is 21.0. The minimum atomic E-state index is -4.50. The van der Waals surface area contributed by atoms with Crippen LogP contribution >= 0.6 is 11.6 Å². The second-order valence-corrected chi connectivity index (χ2v) is 7.47. The Morgan fingerprint density at radius 2 is 1.87 bits per heavy atom. The van der Waals surface area contributed by atoms with Crippen molar-refractivity contribution >= 4 is 23.3 Å². The highest BCUT2D eigenvalue weighted by Gasteiger charge is 2.32. The zero-order valence-electron chi connectivity index (χ0n) is 16.3. The van der Waals surface area contributed by atoms with Gasteiger partial charge in [-0.3, -0.25) is 4.79 Å². The number of alkyl halides is 3. The largest absolute Gasteiger partial charge is 0.417 e. The van der Waals surface area contributed by atoms with E-state index < -0.39 is 11.7 Å². The number of amides is 1. The van der Waals surface area contributed by atoms with Crippen molar-refractivity contribution in [3.05, 3.63) is 58.5 Å². The number of hydrogen-bond acceptors (Lipinski definition) is 6. The van der Waals surface area contributed by atoms with Gasteiger partial charge in [-0.05, 0) is 47.2 Å². The van der Waals surface area contributed by atoms with Gasteiger partial charge in [0, 0.05) is 37.9 Å². The van der Waals surface area contributed by atoms with E-state index in [-0.39, 0.29) is 16.7 Å². The van der Waals surface area contributed by atoms with Crippen molar-refractivity contribution in [2.45, 2.75) is 13.1 Å². The van der Waals surface area contributed by atoms with Crippen LogP contribution in [0.1, 0.15) is 21.5 Å². The van der Waals surface area contributed by atoms with Crippen LogP contribution in [0.25, 0.3) is 5.69 Å². The summed E-state index contributed by atoms with van der Waals surface area (Å²) in [5.41, 5.74) is 1.26. The fourth-order valence-corrected chi connectivity index (χ4v) is 3.73. The van der Waals surface area contributed by atoms with Crippen LogP contribution < -0.4 is 4.90 Å². The van der Waals surface area contributed by atoms with Crippen LogP contribution in [0.5, 0.6) is 0 Å². The van der Waals surface area contributed by atoms with Crippen LogP contribution in [0.4, 0.5) is 19.0 Å². The Kier molecular flexibility index (Phi) is 5.52. The van der Waals surface area contributed by atoms with E-state index in [0.29, 0.717) is 31.7 Å². The van der Waals surface area contributed by atoms with Crippen LogP contribution in [0, 0.1) is 6.92 Å². The van der Waals surface area contributed by atoms with Crippen molar-refractivity contribution in [2.24, 2.45) is 0 Å². The van der Waals surface area contributed by atoms with E-state index >= 15 is 0 Å². The lowest BCUT2D eigenvalue weighted by molar-refractivity contribution is -0.137. The highest BCUT2D eigenvalue weighted by Crippen LogP contribution is 2.33. The molecule has 2 aromatic heterocycles. The van der Waals surface area contributed by atoms with Crippen LogP contribution in [-0.2, 0) is 6.18 Å². The maximum atomic E-state index is 12.9. The molecule has 0 aliphatic carbocycles. The van der Waals surface area contributed by atoms with E-state index in [1.54, 1.807) is 28.0 Å². The molecule has 4 rings (SSSR count). The predicted molar refractivity (Wildman–Crippen MR) is 106 cm³/mol. The number of nitrogens with zero attached hydrogens (tertiary/aromatic N) is 7. The van der Waals surface area contributed by atoms with Gasteiger partial charge in [-0.2, -0.15) is 13.2 Å². The number of anilines is 1. The fourth-order valence-electron chi connectivity index (χ4n) is 3.44. The summed E-state index contributed by atoms with van der Waals surface area (Å²) in [6.07, 6.45) is -2.25. The number of aryl methyl sites for hydroxylation is 1. The van der Waals surface area contributed by atoms with Gasteiger partial charge in [-0.15, -0.1) is 5.10 Å². The van der Waals surface area contributed by atoms with Gasteiger partial charge in [0.15, 0.2) is 0 Å². The van der Waals surface area contributed by atoms with Crippen LogP contribution in [0.3, 0.4) is 0 Å². The highest BCUT2D eigenvalue weighted by atomic mass is 35.5. The van der Waals surface area contributed by atoms with E-state index in [9.17, 15) is 18.0 Å². The Hall–Kier alpha value is -3.21. The average Bonchev–Trinajstić information content (AvgIpc) is 3.27. The molecule has 0 radical (unpaired) electrons. The summed E-state index contributed by atoms with van der Waals surface area (Å²) in [5.74, 6) is 0.154. The minimum Gasteiger partial charge on any atom is -0.352 e. The van der Waals surface area contributed by atoms with Crippen molar-refractivity contribution in [1.82, 2.24) is 30.1 Å². The highest BCUT2D eigenvalue weighted by molar-refractivity contribution is 6.33. The normalized spacial score (nSPS) is 14.7. The number of halogens is 4. The lowest BCUT2D eigenvalue weighted by Crippen LogP contribution is -2.49. The van der Waals surface area contributed by atoms with Crippen molar-refractivity contribution in [1.29, 1.82) is 0 Å².